The van der Waals surface area contributed by atoms with Crippen LogP contribution in [0.2, 0.25) is 17.3 Å². The number of benzene rings is 2. The van der Waals surface area contributed by atoms with Crippen LogP contribution < -0.4 is 4.40 Å². The van der Waals surface area contributed by atoms with Crippen LogP contribution in [0.5, 0.6) is 0 Å². The van der Waals surface area contributed by atoms with Gasteiger partial charge in [0.05, 0.1) is 0 Å². The van der Waals surface area contributed by atoms with Gasteiger partial charge in [0.25, 0.3) is 0 Å². The zero-order valence-electron chi connectivity index (χ0n) is 18.0. The van der Waals surface area contributed by atoms with Crippen molar-refractivity contribution in [3.8, 4) is 22.4 Å². The van der Waals surface area contributed by atoms with E-state index in [0.717, 1.165) is 16.8 Å². The van der Waals surface area contributed by atoms with E-state index in [9.17, 15) is 0 Å². The summed E-state index contributed by atoms with van der Waals surface area (Å²) in [7, 11) is 0. The monoisotopic (exact) mass is 572 g/mol. The molecular weight excluding hydrogens is 543 g/mol. The van der Waals surface area contributed by atoms with E-state index in [0.29, 0.717) is 11.1 Å². The molecule has 2 aromatic carbocycles. The van der Waals surface area contributed by atoms with E-state index in [4.69, 9.17) is 4.11 Å². The van der Waals surface area contributed by atoms with Gasteiger partial charge in [-0.05, 0) is 0 Å². The third-order valence-corrected chi connectivity index (χ3v) is 8.72. The van der Waals surface area contributed by atoms with E-state index >= 15 is 0 Å². The molecule has 0 atom stereocenters. The predicted octanol–water partition coefficient (Wildman–Crippen LogP) is 5.38. The van der Waals surface area contributed by atoms with Gasteiger partial charge in [-0.15, -0.1) is 0 Å². The van der Waals surface area contributed by atoms with E-state index in [1.165, 1.54) is 9.96 Å². The largest absolute Gasteiger partial charge is 0 e. The minimum atomic E-state index is -2.19. The summed E-state index contributed by atoms with van der Waals surface area (Å²) in [6.45, 7) is -0.0564. The maximum absolute atomic E-state index is 7.87. The van der Waals surface area contributed by atoms with E-state index in [-0.39, 0.29) is 20.1 Å². The molecule has 1 heterocycles. The average molecular weight is 570 g/mol. The first-order valence-electron chi connectivity index (χ1n) is 9.66. The molecule has 0 saturated heterocycles. The molecule has 0 spiro atoms. The van der Waals surface area contributed by atoms with Crippen molar-refractivity contribution in [2.24, 2.45) is 0 Å². The molecule has 1 nitrogen and oxygen atoms in total. The molecule has 3 rings (SSSR count). The van der Waals surface area contributed by atoms with Gasteiger partial charge < -0.3 is 0 Å². The van der Waals surface area contributed by atoms with Crippen molar-refractivity contribution in [2.45, 2.75) is 31.0 Å². The number of hydrogen-bond acceptors (Lipinski definition) is 1. The fourth-order valence-corrected chi connectivity index (χ4v) is 6.57. The second-order valence-corrected chi connectivity index (χ2v) is 17.7. The van der Waals surface area contributed by atoms with Crippen LogP contribution in [0.1, 0.15) is 15.2 Å². The third-order valence-electron chi connectivity index (χ3n) is 4.23. The van der Waals surface area contributed by atoms with Crippen LogP contribution in [-0.4, -0.2) is 18.3 Å². The number of rotatable bonds is 3. The van der Waals surface area contributed by atoms with Crippen molar-refractivity contribution in [1.29, 1.82) is 0 Å². The molecule has 0 N–H and O–H groups in total. The maximum atomic E-state index is 7.87. The Bertz CT molecular complexity index is 964. The predicted molar refractivity (Wildman–Crippen MR) is 106 cm³/mol. The molecule has 3 heteroatoms. The topological polar surface area (TPSA) is 12.9 Å². The Morgan fingerprint density at radius 1 is 1.04 bits per heavy atom. The first kappa shape index (κ1) is 16.0. The molecule has 0 fully saturated rings. The molecule has 131 valence electrons. The number of nitrogens with zero attached hydrogens (tertiary/aromatic N) is 1. The molecule has 0 saturated carbocycles. The van der Waals surface area contributed by atoms with E-state index in [2.05, 4.69) is 41.3 Å². The van der Waals surface area contributed by atoms with Gasteiger partial charge >= 0.3 is 152 Å². The van der Waals surface area contributed by atoms with Crippen LogP contribution in [0.4, 0.5) is 0 Å². The Hall–Kier alpha value is -1.22. The molecule has 0 bridgehead atoms. The van der Waals surface area contributed by atoms with Crippen LogP contribution in [0.3, 0.4) is 0 Å². The molecule has 0 amide bonds. The Kier molecular flexibility index (Phi) is 5.11. The molecule has 1 radical (unpaired) electrons. The summed E-state index contributed by atoms with van der Waals surface area (Å²) >= 11 is -1.96. The summed E-state index contributed by atoms with van der Waals surface area (Å²) in [6.07, 6.45) is 2.00. The fourth-order valence-electron chi connectivity index (χ4n) is 2.98. The molecule has 3 aromatic rings. The van der Waals surface area contributed by atoms with Gasteiger partial charge in [0.1, 0.15) is 0 Å². The van der Waals surface area contributed by atoms with Crippen LogP contribution >= 0.6 is 0 Å². The summed E-state index contributed by atoms with van der Waals surface area (Å²) in [5.74, 6) is 7.07. The van der Waals surface area contributed by atoms with Crippen LogP contribution in [0.15, 0.2) is 54.7 Å². The van der Waals surface area contributed by atoms with E-state index in [1.54, 1.807) is 6.07 Å². The van der Waals surface area contributed by atoms with Gasteiger partial charge in [-0.2, -0.15) is 0 Å². The quantitative estimate of drug-likeness (QED) is 0.305. The van der Waals surface area contributed by atoms with Gasteiger partial charge in [0.15, 0.2) is 0 Å². The van der Waals surface area contributed by atoms with Crippen molar-refractivity contribution >= 4 is 17.7 Å². The second-order valence-electron chi connectivity index (χ2n) is 7.17. The summed E-state index contributed by atoms with van der Waals surface area (Å²) in [4.78, 5) is 4.68. The summed E-state index contributed by atoms with van der Waals surface area (Å²) in [6, 6.07) is 18.4. The second kappa shape index (κ2) is 7.99. The maximum Gasteiger partial charge on any atom is 0 e. The molecular formula is C22H24GeIrN-. The number of pyridine rings is 1. The van der Waals surface area contributed by atoms with Gasteiger partial charge in [0, 0.05) is 20.1 Å². The summed E-state index contributed by atoms with van der Waals surface area (Å²) in [5, 5.41) is 0. The number of aryl methyl sites for hydroxylation is 2. The van der Waals surface area contributed by atoms with Crippen LogP contribution in [0, 0.1) is 19.8 Å². The Morgan fingerprint density at radius 2 is 1.76 bits per heavy atom. The summed E-state index contributed by atoms with van der Waals surface area (Å²) < 4.78 is 25.0. The van der Waals surface area contributed by atoms with Crippen molar-refractivity contribution in [1.82, 2.24) is 4.98 Å². The van der Waals surface area contributed by atoms with Gasteiger partial charge in [-0.25, -0.2) is 0 Å². The van der Waals surface area contributed by atoms with Crippen LogP contribution in [-0.2, 0) is 20.1 Å². The fraction of sp³-hybridized carbons (Fsp3) is 0.227. The number of aromatic nitrogens is 1. The molecule has 0 aliphatic carbocycles. The van der Waals surface area contributed by atoms with E-state index < -0.39 is 20.1 Å². The van der Waals surface area contributed by atoms with Crippen molar-refractivity contribution in [2.75, 3.05) is 0 Å². The molecule has 0 aliphatic rings. The zero-order chi connectivity index (χ0) is 19.8. The Labute approximate surface area is 171 Å². The SMILES string of the molecule is [2H]C([2H])([2H])c1c[c-]c(-c2cc(C)[c]([Ge]([CH3])([CH3])[CH3])cn2)cc1-c1ccccc1.[Ir]. The van der Waals surface area contributed by atoms with Crippen LogP contribution in [0.25, 0.3) is 22.4 Å². The Morgan fingerprint density at radius 3 is 2.36 bits per heavy atom. The minimum Gasteiger partial charge on any atom is 0 e. The zero-order valence-corrected chi connectivity index (χ0v) is 19.5. The number of hydrogen-bond donors (Lipinski definition) is 0. The normalized spacial score (nSPS) is 13.4. The smallest absolute Gasteiger partial charge is 0 e. The third kappa shape index (κ3) is 4.50. The first-order valence-corrected chi connectivity index (χ1v) is 15.5. The van der Waals surface area contributed by atoms with Gasteiger partial charge in [-0.1, -0.05) is 0 Å². The molecule has 25 heavy (non-hydrogen) atoms. The molecule has 0 unspecified atom stereocenters. The standard InChI is InChI=1S/C22H24GeN.Ir/c1-16-11-12-19(14-20(16)18-9-7-6-8-10-18)22-13-17(2)21(15-24-22)23(3,4)5;/h6-11,13-15H,1-5H3;/q-1;/i1D3;. The van der Waals surface area contributed by atoms with Crippen molar-refractivity contribution in [3.05, 3.63) is 71.9 Å². The average Bonchev–Trinajstić information content (AvgIpc) is 2.60. The first-order chi connectivity index (χ1) is 12.6. The molecule has 0 aliphatic heterocycles. The minimum absolute atomic E-state index is 0. The van der Waals surface area contributed by atoms with E-state index in [1.807, 2.05) is 42.6 Å². The van der Waals surface area contributed by atoms with Crippen molar-refractivity contribution in [3.63, 3.8) is 0 Å². The molecule has 1 aromatic heterocycles. The van der Waals surface area contributed by atoms with Gasteiger partial charge in [-0.3, -0.25) is 0 Å². The summed E-state index contributed by atoms with van der Waals surface area (Å²) in [5.41, 5.74) is 4.81. The van der Waals surface area contributed by atoms with Crippen molar-refractivity contribution < 1.29 is 24.2 Å². The van der Waals surface area contributed by atoms with Gasteiger partial charge in [0.2, 0.25) is 0 Å². The Balaban J connectivity index is 0.00000280.